The maximum atomic E-state index is 6.16. The van der Waals surface area contributed by atoms with Gasteiger partial charge in [0.05, 0.1) is 17.8 Å². The number of hydrogen-bond acceptors (Lipinski definition) is 5. The first-order valence-corrected chi connectivity index (χ1v) is 7.63. The molecule has 20 heavy (non-hydrogen) atoms. The fraction of sp³-hybridized carbons (Fsp3) is 0.786. The first kappa shape index (κ1) is 13.9. The third kappa shape index (κ3) is 2.55. The van der Waals surface area contributed by atoms with Crippen molar-refractivity contribution in [3.63, 3.8) is 0 Å². The Hall–Kier alpha value is -1.11. The van der Waals surface area contributed by atoms with Crippen LogP contribution in [0.4, 0.5) is 5.82 Å². The fourth-order valence-electron chi connectivity index (χ4n) is 3.93. The molecule has 0 amide bonds. The zero-order valence-electron chi connectivity index (χ0n) is 11.9. The van der Waals surface area contributed by atoms with Gasteiger partial charge < -0.3 is 10.5 Å². The molecule has 6 nitrogen and oxygen atoms in total. The van der Waals surface area contributed by atoms with Crippen LogP contribution >= 0.6 is 0 Å². The minimum Gasteiger partial charge on any atom is -0.384 e. The molecule has 6 N–H and O–H groups in total. The summed E-state index contributed by atoms with van der Waals surface area (Å²) < 4.78 is 6.16. The molecule has 2 unspecified atom stereocenters. The van der Waals surface area contributed by atoms with E-state index in [0.29, 0.717) is 11.7 Å². The molecule has 1 aromatic heterocycles. The van der Waals surface area contributed by atoms with E-state index in [0.717, 1.165) is 25.0 Å². The number of nitrogen functional groups attached to an aromatic ring is 1. The van der Waals surface area contributed by atoms with Crippen molar-refractivity contribution in [1.82, 2.24) is 15.6 Å². The average Bonchev–Trinajstić information content (AvgIpc) is 2.87. The number of hydrogen-bond donors (Lipinski definition) is 4. The Morgan fingerprint density at radius 2 is 2.20 bits per heavy atom. The summed E-state index contributed by atoms with van der Waals surface area (Å²) in [6.07, 6.45) is 10.1. The first-order valence-electron chi connectivity index (χ1n) is 7.63. The number of anilines is 1. The number of nitrogens with zero attached hydrogens (tertiary/aromatic N) is 1. The summed E-state index contributed by atoms with van der Waals surface area (Å²) in [4.78, 5) is 0. The van der Waals surface area contributed by atoms with Crippen LogP contribution in [0.15, 0.2) is 6.20 Å². The van der Waals surface area contributed by atoms with E-state index in [-0.39, 0.29) is 11.6 Å². The third-order valence-corrected chi connectivity index (χ3v) is 4.98. The number of aromatic amines is 1. The van der Waals surface area contributed by atoms with Crippen LogP contribution in [0.2, 0.25) is 0 Å². The van der Waals surface area contributed by atoms with E-state index in [1.807, 2.05) is 0 Å². The molecular weight excluding hydrogens is 254 g/mol. The molecular formula is C14H25N5O. The monoisotopic (exact) mass is 279 g/mol. The summed E-state index contributed by atoms with van der Waals surface area (Å²) in [6, 6.07) is 0.0523. The van der Waals surface area contributed by atoms with Gasteiger partial charge in [0, 0.05) is 12.2 Å². The van der Waals surface area contributed by atoms with Gasteiger partial charge in [-0.1, -0.05) is 19.3 Å². The Labute approximate surface area is 119 Å². The Morgan fingerprint density at radius 1 is 1.40 bits per heavy atom. The van der Waals surface area contributed by atoms with Gasteiger partial charge in [0.15, 0.2) is 0 Å². The molecule has 0 bridgehead atoms. The number of ether oxygens (including phenoxy) is 1. The van der Waals surface area contributed by atoms with Gasteiger partial charge in [-0.25, -0.2) is 0 Å². The Bertz CT molecular complexity index is 435. The molecule has 2 aliphatic rings. The molecule has 2 atom stereocenters. The summed E-state index contributed by atoms with van der Waals surface area (Å²) in [5.74, 6) is 6.85. The lowest BCUT2D eigenvalue weighted by Gasteiger charge is -2.45. The highest BCUT2D eigenvalue weighted by atomic mass is 16.5. The Balaban J connectivity index is 1.76. The molecule has 0 radical (unpaired) electrons. The van der Waals surface area contributed by atoms with Gasteiger partial charge in [0.2, 0.25) is 0 Å². The van der Waals surface area contributed by atoms with E-state index in [2.05, 4.69) is 15.6 Å². The van der Waals surface area contributed by atoms with Gasteiger partial charge in [-0.2, -0.15) is 5.10 Å². The van der Waals surface area contributed by atoms with Crippen LogP contribution in [0, 0.1) is 5.92 Å². The molecule has 6 heteroatoms. The fourth-order valence-corrected chi connectivity index (χ4v) is 3.93. The summed E-state index contributed by atoms with van der Waals surface area (Å²) in [6.45, 7) is 0.820. The molecule has 3 rings (SSSR count). The largest absolute Gasteiger partial charge is 0.384 e. The Kier molecular flexibility index (Phi) is 3.96. The van der Waals surface area contributed by atoms with E-state index >= 15 is 0 Å². The van der Waals surface area contributed by atoms with Crippen LogP contribution in [-0.2, 0) is 4.74 Å². The van der Waals surface area contributed by atoms with Crippen molar-refractivity contribution in [3.8, 4) is 0 Å². The lowest BCUT2D eigenvalue weighted by molar-refractivity contribution is -0.122. The van der Waals surface area contributed by atoms with Crippen molar-refractivity contribution in [1.29, 1.82) is 0 Å². The van der Waals surface area contributed by atoms with Crippen LogP contribution in [0.25, 0.3) is 0 Å². The maximum absolute atomic E-state index is 6.16. The lowest BCUT2D eigenvalue weighted by Crippen LogP contribution is -2.46. The van der Waals surface area contributed by atoms with Crippen molar-refractivity contribution in [3.05, 3.63) is 11.8 Å². The first-order chi connectivity index (χ1) is 9.74. The van der Waals surface area contributed by atoms with Gasteiger partial charge in [-0.3, -0.25) is 16.4 Å². The number of hydrazine groups is 1. The highest BCUT2D eigenvalue weighted by molar-refractivity contribution is 5.39. The second kappa shape index (κ2) is 5.71. The van der Waals surface area contributed by atoms with Crippen LogP contribution in [0.1, 0.15) is 56.6 Å². The topological polar surface area (TPSA) is 102 Å². The van der Waals surface area contributed by atoms with Crippen LogP contribution < -0.4 is 17.0 Å². The number of nitrogens with two attached hydrogens (primary N) is 2. The highest BCUT2D eigenvalue weighted by Crippen LogP contribution is 2.44. The normalized spacial score (nSPS) is 27.6. The maximum Gasteiger partial charge on any atom is 0.123 e. The lowest BCUT2D eigenvalue weighted by atomic mass is 9.73. The highest BCUT2D eigenvalue weighted by Gasteiger charge is 2.41. The van der Waals surface area contributed by atoms with Crippen molar-refractivity contribution >= 4 is 5.82 Å². The predicted octanol–water partition coefficient (Wildman–Crippen LogP) is 1.63. The van der Waals surface area contributed by atoms with E-state index in [9.17, 15) is 0 Å². The molecule has 112 valence electrons. The van der Waals surface area contributed by atoms with Crippen molar-refractivity contribution in [2.45, 2.75) is 56.6 Å². The molecule has 1 spiro atoms. The second-order valence-electron chi connectivity index (χ2n) is 6.23. The average molecular weight is 279 g/mol. The van der Waals surface area contributed by atoms with Crippen molar-refractivity contribution < 1.29 is 4.74 Å². The number of nitrogens with one attached hydrogen (secondary N) is 2. The molecule has 0 aromatic carbocycles. The summed E-state index contributed by atoms with van der Waals surface area (Å²) in [5.41, 5.74) is 9.95. The quantitative estimate of drug-likeness (QED) is 0.497. The van der Waals surface area contributed by atoms with E-state index in [1.165, 1.54) is 32.1 Å². The molecule has 2 heterocycles. The van der Waals surface area contributed by atoms with E-state index in [1.54, 1.807) is 6.20 Å². The molecule has 1 aromatic rings. The van der Waals surface area contributed by atoms with Gasteiger partial charge in [0.1, 0.15) is 5.82 Å². The number of aromatic nitrogens is 2. The molecule has 2 fully saturated rings. The Morgan fingerprint density at radius 3 is 2.85 bits per heavy atom. The van der Waals surface area contributed by atoms with Crippen LogP contribution in [0.5, 0.6) is 0 Å². The zero-order chi connectivity index (χ0) is 14.0. The van der Waals surface area contributed by atoms with Gasteiger partial charge in [-0.05, 0) is 31.6 Å². The zero-order valence-corrected chi connectivity index (χ0v) is 11.9. The summed E-state index contributed by atoms with van der Waals surface area (Å²) >= 11 is 0. The SMILES string of the molecule is NNC(c1cn[nH]c1N)C1CCOC2(CCCCC2)C1. The summed E-state index contributed by atoms with van der Waals surface area (Å²) in [5, 5.41) is 6.81. The van der Waals surface area contributed by atoms with Gasteiger partial charge in [-0.15, -0.1) is 0 Å². The molecule has 1 aliphatic carbocycles. The van der Waals surface area contributed by atoms with Crippen molar-refractivity contribution in [2.24, 2.45) is 11.8 Å². The predicted molar refractivity (Wildman–Crippen MR) is 77.6 cm³/mol. The van der Waals surface area contributed by atoms with Gasteiger partial charge in [0.25, 0.3) is 0 Å². The minimum atomic E-state index is 0.0523. The number of rotatable bonds is 3. The smallest absolute Gasteiger partial charge is 0.123 e. The number of H-pyrrole nitrogens is 1. The molecule has 1 saturated carbocycles. The molecule has 1 saturated heterocycles. The molecule has 1 aliphatic heterocycles. The van der Waals surface area contributed by atoms with Gasteiger partial charge >= 0.3 is 0 Å². The van der Waals surface area contributed by atoms with Crippen LogP contribution in [-0.4, -0.2) is 22.4 Å². The minimum absolute atomic E-state index is 0.0523. The van der Waals surface area contributed by atoms with E-state index in [4.69, 9.17) is 16.3 Å². The summed E-state index contributed by atoms with van der Waals surface area (Å²) in [7, 11) is 0. The van der Waals surface area contributed by atoms with E-state index < -0.39 is 0 Å². The standard InChI is InChI=1S/C14H25N5O/c15-13-11(9-17-19-13)12(18-16)10-4-7-20-14(8-10)5-2-1-3-6-14/h9-10,12,18H,1-8,16H2,(H3,15,17,19). The van der Waals surface area contributed by atoms with Crippen molar-refractivity contribution in [2.75, 3.05) is 12.3 Å². The van der Waals surface area contributed by atoms with Crippen LogP contribution in [0.3, 0.4) is 0 Å². The third-order valence-electron chi connectivity index (χ3n) is 4.98. The second-order valence-corrected chi connectivity index (χ2v) is 6.23.